The number of amides is 1. The summed E-state index contributed by atoms with van der Waals surface area (Å²) < 4.78 is 5.57. The van der Waals surface area contributed by atoms with Crippen LogP contribution in [-0.4, -0.2) is 36.3 Å². The monoisotopic (exact) mass is 434 g/mol. The smallest absolute Gasteiger partial charge is 0.264 e. The number of hydrazine groups is 1. The topological polar surface area (TPSA) is 77.4 Å². The van der Waals surface area contributed by atoms with Crippen molar-refractivity contribution in [3.05, 3.63) is 76.3 Å². The standard InChI is InChI=1S/C24H23ClN4O2/c25-19-7-5-17(6-8-19)22-23(18-9-11-31-12-10-18)28-29-21(30)13-20(27-24(22)29)16-3-1-15(14-26)2-4-16/h1-8,13,18,22-24,27-28H,9-12H2. The first-order valence-corrected chi connectivity index (χ1v) is 10.9. The molecule has 0 aliphatic carbocycles. The van der Waals surface area contributed by atoms with Crippen molar-refractivity contribution in [2.45, 2.75) is 31.0 Å². The predicted molar refractivity (Wildman–Crippen MR) is 118 cm³/mol. The Morgan fingerprint density at radius 3 is 2.45 bits per heavy atom. The number of nitriles is 1. The molecule has 3 unspecified atom stereocenters. The lowest BCUT2D eigenvalue weighted by atomic mass is 9.79. The zero-order valence-corrected chi connectivity index (χ0v) is 17.7. The van der Waals surface area contributed by atoms with Gasteiger partial charge in [-0.25, -0.2) is 5.43 Å². The average Bonchev–Trinajstić information content (AvgIpc) is 3.20. The number of rotatable bonds is 3. The number of ether oxygens (including phenoxy) is 1. The summed E-state index contributed by atoms with van der Waals surface area (Å²) in [6.07, 6.45) is 3.33. The van der Waals surface area contributed by atoms with Crippen LogP contribution in [-0.2, 0) is 9.53 Å². The molecule has 31 heavy (non-hydrogen) atoms. The second-order valence-electron chi connectivity index (χ2n) is 8.23. The number of nitrogens with one attached hydrogen (secondary N) is 2. The molecule has 2 aromatic carbocycles. The molecule has 1 amide bonds. The molecule has 7 heteroatoms. The Morgan fingerprint density at radius 1 is 1.06 bits per heavy atom. The fraction of sp³-hybridized carbons (Fsp3) is 0.333. The second kappa shape index (κ2) is 8.35. The molecule has 3 atom stereocenters. The molecule has 0 saturated carbocycles. The molecule has 3 heterocycles. The van der Waals surface area contributed by atoms with E-state index in [1.807, 2.05) is 24.3 Å². The third kappa shape index (κ3) is 3.81. The van der Waals surface area contributed by atoms with E-state index in [4.69, 9.17) is 21.6 Å². The van der Waals surface area contributed by atoms with Gasteiger partial charge in [0.05, 0.1) is 11.6 Å². The van der Waals surface area contributed by atoms with Crippen LogP contribution < -0.4 is 10.7 Å². The number of fused-ring (bicyclic) bond motifs is 1. The molecule has 0 radical (unpaired) electrons. The van der Waals surface area contributed by atoms with Gasteiger partial charge in [-0.15, -0.1) is 0 Å². The Morgan fingerprint density at radius 2 is 1.77 bits per heavy atom. The van der Waals surface area contributed by atoms with E-state index >= 15 is 0 Å². The first kappa shape index (κ1) is 20.1. The highest BCUT2D eigenvalue weighted by Gasteiger charge is 2.49. The first-order chi connectivity index (χ1) is 15.1. The number of hydrogen-bond acceptors (Lipinski definition) is 5. The van der Waals surface area contributed by atoms with E-state index in [2.05, 4.69) is 28.9 Å². The molecule has 0 spiro atoms. The summed E-state index contributed by atoms with van der Waals surface area (Å²) in [6.45, 7) is 1.49. The summed E-state index contributed by atoms with van der Waals surface area (Å²) in [7, 11) is 0. The van der Waals surface area contributed by atoms with E-state index in [0.29, 0.717) is 16.5 Å². The maximum Gasteiger partial charge on any atom is 0.264 e. The van der Waals surface area contributed by atoms with Gasteiger partial charge in [-0.2, -0.15) is 5.26 Å². The fourth-order valence-electron chi connectivity index (χ4n) is 4.87. The Bertz CT molecular complexity index is 1040. The van der Waals surface area contributed by atoms with Crippen molar-refractivity contribution in [2.24, 2.45) is 5.92 Å². The van der Waals surface area contributed by atoms with Crippen LogP contribution in [0.5, 0.6) is 0 Å². The second-order valence-corrected chi connectivity index (χ2v) is 8.66. The van der Waals surface area contributed by atoms with Crippen LogP contribution >= 0.6 is 11.6 Å². The Labute approximate surface area is 186 Å². The summed E-state index contributed by atoms with van der Waals surface area (Å²) in [5.41, 5.74) is 6.90. The minimum absolute atomic E-state index is 0.0615. The minimum atomic E-state index is -0.225. The Balaban J connectivity index is 1.49. The van der Waals surface area contributed by atoms with Gasteiger partial charge in [0.2, 0.25) is 0 Å². The summed E-state index contributed by atoms with van der Waals surface area (Å²) in [6, 6.07) is 17.4. The van der Waals surface area contributed by atoms with Crippen LogP contribution in [0.2, 0.25) is 5.02 Å². The normalized spacial score (nSPS) is 26.1. The van der Waals surface area contributed by atoms with Crippen molar-refractivity contribution in [2.75, 3.05) is 13.2 Å². The molecular weight excluding hydrogens is 412 g/mol. The van der Waals surface area contributed by atoms with E-state index in [0.717, 1.165) is 42.9 Å². The van der Waals surface area contributed by atoms with Crippen molar-refractivity contribution >= 4 is 23.2 Å². The molecule has 0 aromatic heterocycles. The van der Waals surface area contributed by atoms with E-state index in [-0.39, 0.29) is 24.0 Å². The molecular formula is C24H23ClN4O2. The number of nitrogens with zero attached hydrogens (tertiary/aromatic N) is 2. The lowest BCUT2D eigenvalue weighted by molar-refractivity contribution is -0.131. The maximum absolute atomic E-state index is 13.1. The molecule has 6 nitrogen and oxygen atoms in total. The summed E-state index contributed by atoms with van der Waals surface area (Å²) in [5.74, 6) is 0.399. The molecule has 2 saturated heterocycles. The van der Waals surface area contributed by atoms with Gasteiger partial charge in [0.15, 0.2) is 0 Å². The molecule has 5 rings (SSSR count). The van der Waals surface area contributed by atoms with E-state index in [9.17, 15) is 4.79 Å². The first-order valence-electron chi connectivity index (χ1n) is 10.6. The highest BCUT2D eigenvalue weighted by molar-refractivity contribution is 6.30. The van der Waals surface area contributed by atoms with E-state index in [1.165, 1.54) is 0 Å². The predicted octanol–water partition coefficient (Wildman–Crippen LogP) is 3.41. The lowest BCUT2D eigenvalue weighted by Gasteiger charge is -2.34. The van der Waals surface area contributed by atoms with Gasteiger partial charge in [-0.05, 0) is 54.2 Å². The summed E-state index contributed by atoms with van der Waals surface area (Å²) in [4.78, 5) is 13.1. The minimum Gasteiger partial charge on any atom is -0.381 e. The zero-order valence-electron chi connectivity index (χ0n) is 16.9. The molecule has 3 aliphatic rings. The van der Waals surface area contributed by atoms with Crippen molar-refractivity contribution in [3.8, 4) is 6.07 Å². The average molecular weight is 435 g/mol. The molecule has 2 N–H and O–H groups in total. The molecule has 3 aliphatic heterocycles. The number of hydrogen-bond donors (Lipinski definition) is 2. The largest absolute Gasteiger partial charge is 0.381 e. The van der Waals surface area contributed by atoms with Gasteiger partial charge in [0.1, 0.15) is 6.17 Å². The van der Waals surface area contributed by atoms with Gasteiger partial charge >= 0.3 is 0 Å². The highest BCUT2D eigenvalue weighted by Crippen LogP contribution is 2.40. The third-order valence-corrected chi connectivity index (χ3v) is 6.71. The third-order valence-electron chi connectivity index (χ3n) is 6.46. The number of benzene rings is 2. The van der Waals surface area contributed by atoms with Crippen molar-refractivity contribution in [1.29, 1.82) is 5.26 Å². The summed E-state index contributed by atoms with van der Waals surface area (Å²) in [5, 5.41) is 15.1. The van der Waals surface area contributed by atoms with Gasteiger partial charge in [-0.3, -0.25) is 9.80 Å². The molecule has 2 aromatic rings. The molecule has 158 valence electrons. The van der Waals surface area contributed by atoms with Crippen LogP contribution in [0.25, 0.3) is 5.70 Å². The highest BCUT2D eigenvalue weighted by atomic mass is 35.5. The summed E-state index contributed by atoms with van der Waals surface area (Å²) >= 11 is 6.15. The molecule has 2 fully saturated rings. The lowest BCUT2D eigenvalue weighted by Crippen LogP contribution is -2.52. The van der Waals surface area contributed by atoms with Crippen LogP contribution in [0.1, 0.15) is 35.4 Å². The van der Waals surface area contributed by atoms with Crippen molar-refractivity contribution in [1.82, 2.24) is 15.8 Å². The Hall–Kier alpha value is -2.85. The van der Waals surface area contributed by atoms with Crippen molar-refractivity contribution < 1.29 is 9.53 Å². The van der Waals surface area contributed by atoms with Crippen LogP contribution in [0.4, 0.5) is 0 Å². The molecule has 0 bridgehead atoms. The van der Waals surface area contributed by atoms with Gasteiger partial charge in [-0.1, -0.05) is 35.9 Å². The van der Waals surface area contributed by atoms with Gasteiger partial charge < -0.3 is 10.1 Å². The maximum atomic E-state index is 13.1. The Kier molecular flexibility index (Phi) is 5.41. The van der Waals surface area contributed by atoms with Crippen LogP contribution in [0.15, 0.2) is 54.6 Å². The van der Waals surface area contributed by atoms with Gasteiger partial charge in [0.25, 0.3) is 5.91 Å². The number of carbonyl (C=O) groups is 1. The van der Waals surface area contributed by atoms with E-state index in [1.54, 1.807) is 23.2 Å². The SMILES string of the molecule is N#Cc1ccc(C2=CC(=O)N3NC(C4CCOCC4)C(c4ccc(Cl)cc4)C3N2)cc1. The fourth-order valence-corrected chi connectivity index (χ4v) is 4.99. The quantitative estimate of drug-likeness (QED) is 0.774. The van der Waals surface area contributed by atoms with E-state index < -0.39 is 0 Å². The van der Waals surface area contributed by atoms with Crippen molar-refractivity contribution in [3.63, 3.8) is 0 Å². The zero-order chi connectivity index (χ0) is 21.4. The number of halogens is 1. The number of carbonyl (C=O) groups excluding carboxylic acids is 1. The van der Waals surface area contributed by atoms with Gasteiger partial charge in [0, 0.05) is 42.0 Å². The van der Waals surface area contributed by atoms with Crippen LogP contribution in [0.3, 0.4) is 0 Å². The van der Waals surface area contributed by atoms with Crippen LogP contribution in [0, 0.1) is 17.2 Å².